The van der Waals surface area contributed by atoms with E-state index in [9.17, 15) is 5.11 Å². The minimum absolute atomic E-state index is 0.199. The molecule has 3 aromatic rings. The zero-order valence-electron chi connectivity index (χ0n) is 15.8. The zero-order chi connectivity index (χ0) is 18.4. The van der Waals surface area contributed by atoms with Crippen molar-refractivity contribution in [2.75, 3.05) is 0 Å². The minimum atomic E-state index is -0.447. The lowest BCUT2D eigenvalue weighted by molar-refractivity contribution is -0.000964. The molecule has 1 N–H and O–H groups in total. The maximum absolute atomic E-state index is 11.6. The third-order valence-electron chi connectivity index (χ3n) is 6.89. The van der Waals surface area contributed by atoms with Crippen LogP contribution in [-0.4, -0.2) is 22.1 Å². The van der Waals surface area contributed by atoms with Gasteiger partial charge in [-0.3, -0.25) is 4.90 Å². The lowest BCUT2D eigenvalue weighted by Gasteiger charge is -2.42. The maximum Gasteiger partial charge on any atom is 0.0954 e. The molecule has 0 unspecified atom stereocenters. The summed E-state index contributed by atoms with van der Waals surface area (Å²) in [5, 5.41) is 14.0. The van der Waals surface area contributed by atoms with Gasteiger partial charge in [0.25, 0.3) is 0 Å². The summed E-state index contributed by atoms with van der Waals surface area (Å²) in [5.74, 6) is 0.593. The molecule has 0 aromatic heterocycles. The van der Waals surface area contributed by atoms with Crippen LogP contribution >= 0.6 is 0 Å². The first-order chi connectivity index (χ1) is 13.2. The van der Waals surface area contributed by atoms with E-state index in [1.807, 2.05) is 0 Å². The average molecular weight is 357 g/mol. The van der Waals surface area contributed by atoms with Gasteiger partial charge in [0.15, 0.2) is 0 Å². The second kappa shape index (κ2) is 6.78. The standard InChI is InChI=1S/C25H27NO/c1-17(18-8-3-2-4-9-18)26-21-15-14-20(16-21)24(26)25(27)23-13-7-11-19-10-5-6-12-22(19)23/h2-13,17,20-21,24-25,27H,14-16H2,1H3/t17-,20+,21-,24+,25-/m0/s1. The average Bonchev–Trinajstić information content (AvgIpc) is 3.34. The van der Waals surface area contributed by atoms with Crippen LogP contribution in [0.2, 0.25) is 0 Å². The lowest BCUT2D eigenvalue weighted by atomic mass is 9.86. The molecule has 5 rings (SSSR count). The monoisotopic (exact) mass is 357 g/mol. The Labute approximate surface area is 161 Å². The summed E-state index contributed by atoms with van der Waals surface area (Å²) in [5.41, 5.74) is 2.43. The Hall–Kier alpha value is -2.16. The van der Waals surface area contributed by atoms with Crippen LogP contribution in [-0.2, 0) is 0 Å². The van der Waals surface area contributed by atoms with E-state index in [-0.39, 0.29) is 6.04 Å². The van der Waals surface area contributed by atoms with Crippen LogP contribution in [0.1, 0.15) is 49.5 Å². The highest BCUT2D eigenvalue weighted by Gasteiger charge is 2.50. The van der Waals surface area contributed by atoms with E-state index in [1.54, 1.807) is 0 Å². The molecule has 1 aliphatic carbocycles. The molecule has 0 spiro atoms. The summed E-state index contributed by atoms with van der Waals surface area (Å²) in [4.78, 5) is 2.62. The zero-order valence-corrected chi connectivity index (χ0v) is 15.8. The fourth-order valence-corrected chi connectivity index (χ4v) is 5.65. The normalized spacial score (nSPS) is 27.1. The van der Waals surface area contributed by atoms with Crippen LogP contribution in [0.5, 0.6) is 0 Å². The van der Waals surface area contributed by atoms with Crippen LogP contribution in [0, 0.1) is 5.92 Å². The fraction of sp³-hybridized carbons (Fsp3) is 0.360. The van der Waals surface area contributed by atoms with Gasteiger partial charge in [-0.05, 0) is 54.0 Å². The Balaban J connectivity index is 1.54. The van der Waals surface area contributed by atoms with Crippen LogP contribution < -0.4 is 0 Å². The van der Waals surface area contributed by atoms with Crippen molar-refractivity contribution in [3.8, 4) is 0 Å². The number of rotatable bonds is 4. The molecule has 2 fully saturated rings. The molecule has 1 heterocycles. The number of fused-ring (bicyclic) bond motifs is 3. The number of piperidine rings is 1. The Morgan fingerprint density at radius 3 is 2.48 bits per heavy atom. The Kier molecular flexibility index (Phi) is 4.26. The van der Waals surface area contributed by atoms with Gasteiger partial charge in [0.2, 0.25) is 0 Å². The van der Waals surface area contributed by atoms with E-state index >= 15 is 0 Å². The van der Waals surface area contributed by atoms with Crippen molar-refractivity contribution in [3.05, 3.63) is 83.9 Å². The molecule has 1 saturated carbocycles. The van der Waals surface area contributed by atoms with Crippen LogP contribution in [0.25, 0.3) is 10.8 Å². The van der Waals surface area contributed by atoms with Gasteiger partial charge in [-0.1, -0.05) is 72.8 Å². The van der Waals surface area contributed by atoms with Crippen LogP contribution in [0.15, 0.2) is 72.8 Å². The predicted molar refractivity (Wildman–Crippen MR) is 111 cm³/mol. The van der Waals surface area contributed by atoms with E-state index in [0.29, 0.717) is 18.0 Å². The van der Waals surface area contributed by atoms with Crippen molar-refractivity contribution in [1.82, 2.24) is 4.90 Å². The smallest absolute Gasteiger partial charge is 0.0954 e. The predicted octanol–water partition coefficient (Wildman–Crippen LogP) is 5.49. The topological polar surface area (TPSA) is 23.5 Å². The summed E-state index contributed by atoms with van der Waals surface area (Å²) in [6, 6.07) is 26.6. The van der Waals surface area contributed by atoms with Crippen molar-refractivity contribution in [2.45, 2.75) is 50.4 Å². The molecule has 3 aromatic carbocycles. The van der Waals surface area contributed by atoms with E-state index in [1.165, 1.54) is 35.6 Å². The molecule has 27 heavy (non-hydrogen) atoms. The van der Waals surface area contributed by atoms with Crippen molar-refractivity contribution >= 4 is 10.8 Å². The molecule has 2 aliphatic rings. The third kappa shape index (κ3) is 2.79. The van der Waals surface area contributed by atoms with Gasteiger partial charge in [-0.25, -0.2) is 0 Å². The highest BCUT2D eigenvalue weighted by molar-refractivity contribution is 5.86. The van der Waals surface area contributed by atoms with E-state index < -0.39 is 6.10 Å². The van der Waals surface area contributed by atoms with E-state index in [4.69, 9.17) is 0 Å². The number of nitrogens with zero attached hydrogens (tertiary/aromatic N) is 1. The lowest BCUT2D eigenvalue weighted by Crippen LogP contribution is -2.45. The molecule has 2 nitrogen and oxygen atoms in total. The third-order valence-corrected chi connectivity index (χ3v) is 6.89. The van der Waals surface area contributed by atoms with Gasteiger partial charge < -0.3 is 5.11 Å². The highest BCUT2D eigenvalue weighted by Crippen LogP contribution is 2.50. The molecule has 0 radical (unpaired) electrons. The molecule has 2 heteroatoms. The van der Waals surface area contributed by atoms with E-state index in [0.717, 1.165) is 5.56 Å². The molecular formula is C25H27NO. The molecule has 138 valence electrons. The summed E-state index contributed by atoms with van der Waals surface area (Å²) in [6.07, 6.45) is 3.29. The van der Waals surface area contributed by atoms with Gasteiger partial charge in [-0.2, -0.15) is 0 Å². The van der Waals surface area contributed by atoms with Crippen molar-refractivity contribution in [2.24, 2.45) is 5.92 Å². The molecule has 5 atom stereocenters. The summed E-state index contributed by atoms with van der Waals surface area (Å²) in [6.45, 7) is 2.30. The number of benzene rings is 3. The molecule has 0 amide bonds. The first-order valence-corrected chi connectivity index (χ1v) is 10.2. The minimum Gasteiger partial charge on any atom is -0.387 e. The molecule has 1 aliphatic heterocycles. The second-order valence-electron chi connectivity index (χ2n) is 8.26. The van der Waals surface area contributed by atoms with Crippen molar-refractivity contribution in [3.63, 3.8) is 0 Å². The molecular weight excluding hydrogens is 330 g/mol. The second-order valence-corrected chi connectivity index (χ2v) is 8.26. The van der Waals surface area contributed by atoms with Gasteiger partial charge in [0.05, 0.1) is 6.10 Å². The van der Waals surface area contributed by atoms with Crippen LogP contribution in [0.3, 0.4) is 0 Å². The van der Waals surface area contributed by atoms with Crippen molar-refractivity contribution in [1.29, 1.82) is 0 Å². The van der Waals surface area contributed by atoms with Crippen LogP contribution in [0.4, 0.5) is 0 Å². The summed E-state index contributed by atoms with van der Waals surface area (Å²) in [7, 11) is 0. The summed E-state index contributed by atoms with van der Waals surface area (Å²) >= 11 is 0. The number of aliphatic hydroxyl groups excluding tert-OH is 1. The molecule has 1 saturated heterocycles. The number of likely N-dealkylation sites (tertiary alicyclic amines) is 1. The SMILES string of the molecule is C[C@@H](c1ccccc1)N1[C@H]2CC[C@H](C2)[C@@H]1[C@@H](O)c1cccc2ccccc12. The maximum atomic E-state index is 11.6. The Bertz CT molecular complexity index is 932. The quantitative estimate of drug-likeness (QED) is 0.667. The van der Waals surface area contributed by atoms with Gasteiger partial charge >= 0.3 is 0 Å². The van der Waals surface area contributed by atoms with Gasteiger partial charge in [0, 0.05) is 18.1 Å². The van der Waals surface area contributed by atoms with Crippen molar-refractivity contribution < 1.29 is 5.11 Å². The van der Waals surface area contributed by atoms with E-state index in [2.05, 4.69) is 84.6 Å². The van der Waals surface area contributed by atoms with Gasteiger partial charge in [0.1, 0.15) is 0 Å². The first kappa shape index (κ1) is 17.0. The highest BCUT2D eigenvalue weighted by atomic mass is 16.3. The first-order valence-electron chi connectivity index (χ1n) is 10.2. The molecule has 2 bridgehead atoms. The number of hydrogen-bond donors (Lipinski definition) is 1. The summed E-state index contributed by atoms with van der Waals surface area (Å²) < 4.78 is 0. The number of aliphatic hydroxyl groups is 1. The largest absolute Gasteiger partial charge is 0.387 e. The number of hydrogen-bond acceptors (Lipinski definition) is 2. The Morgan fingerprint density at radius 1 is 0.889 bits per heavy atom. The van der Waals surface area contributed by atoms with Gasteiger partial charge in [-0.15, -0.1) is 0 Å². The Morgan fingerprint density at radius 2 is 1.63 bits per heavy atom. The fourth-order valence-electron chi connectivity index (χ4n) is 5.65.